The number of carbonyl (C=O) groups excluding carboxylic acids is 1. The molecule has 4 aliphatic rings. The Hall–Kier alpha value is -1.17. The van der Waals surface area contributed by atoms with Gasteiger partial charge in [0.15, 0.2) is 0 Å². The first-order valence-electron chi connectivity index (χ1n) is 10.2. The molecule has 1 amide bonds. The van der Waals surface area contributed by atoms with Gasteiger partial charge in [0.05, 0.1) is 0 Å². The summed E-state index contributed by atoms with van der Waals surface area (Å²) < 4.78 is 6.30. The molecular formula is C21H30ClN3O2. The number of primary amides is 1. The zero-order valence-electron chi connectivity index (χ0n) is 16.0. The number of fused-ring (bicyclic) bond motifs is 3. The van der Waals surface area contributed by atoms with Crippen LogP contribution in [0, 0.1) is 23.7 Å². The lowest BCUT2D eigenvalue weighted by atomic mass is 9.62. The Balaban J connectivity index is 0.00000180. The molecule has 3 saturated carbocycles. The summed E-state index contributed by atoms with van der Waals surface area (Å²) in [6.07, 6.45) is 9.66. The second-order valence-corrected chi connectivity index (χ2v) is 8.95. The first kappa shape index (κ1) is 19.2. The van der Waals surface area contributed by atoms with Gasteiger partial charge in [-0.05, 0) is 61.6 Å². The molecule has 148 valence electrons. The molecule has 0 aromatic carbocycles. The summed E-state index contributed by atoms with van der Waals surface area (Å²) in [7, 11) is 1.84. The van der Waals surface area contributed by atoms with Crippen molar-refractivity contribution in [2.75, 3.05) is 20.2 Å². The van der Waals surface area contributed by atoms with Crippen molar-refractivity contribution in [2.45, 2.75) is 50.2 Å². The van der Waals surface area contributed by atoms with Crippen molar-refractivity contribution in [1.29, 1.82) is 0 Å². The van der Waals surface area contributed by atoms with Crippen molar-refractivity contribution >= 4 is 18.3 Å². The smallest absolute Gasteiger partial charge is 0.267 e. The minimum absolute atomic E-state index is 0. The van der Waals surface area contributed by atoms with Crippen molar-refractivity contribution in [3.05, 3.63) is 29.6 Å². The quantitative estimate of drug-likeness (QED) is 0.856. The number of nitrogens with two attached hydrogens (primary N) is 1. The number of amides is 1. The number of piperidine rings is 1. The fraction of sp³-hybridized carbons (Fsp3) is 0.714. The van der Waals surface area contributed by atoms with Crippen molar-refractivity contribution in [2.24, 2.45) is 29.4 Å². The standard InChI is InChI=1S/C21H29N3O2.ClH/c1-26-21(15-5-6-23-19(10-15)20(22)25)16-3-2-4-17(21)12-24(11-16)18-8-13-7-14(13)9-18;/h5-6,10,13-14,16-18H,2-4,7-9,11-12H2,1H3,(H2,22,25);1H/t13-,14+,16-,17+,18-,21+;. The average molecular weight is 392 g/mol. The van der Waals surface area contributed by atoms with Crippen molar-refractivity contribution in [3.8, 4) is 0 Å². The second-order valence-electron chi connectivity index (χ2n) is 8.95. The van der Waals surface area contributed by atoms with Gasteiger partial charge in [0, 0.05) is 44.3 Å². The van der Waals surface area contributed by atoms with Gasteiger partial charge >= 0.3 is 0 Å². The summed E-state index contributed by atoms with van der Waals surface area (Å²) in [5.74, 6) is 2.52. The molecule has 0 spiro atoms. The van der Waals surface area contributed by atoms with Crippen LogP contribution in [-0.2, 0) is 10.3 Å². The Morgan fingerprint density at radius 3 is 2.48 bits per heavy atom. The van der Waals surface area contributed by atoms with Gasteiger partial charge in [-0.25, -0.2) is 0 Å². The number of pyridine rings is 1. The van der Waals surface area contributed by atoms with Gasteiger partial charge in [-0.3, -0.25) is 14.7 Å². The molecule has 1 aliphatic heterocycles. The number of carbonyl (C=O) groups is 1. The SMILES string of the molecule is CO[C@@]1(c2ccnc(C(N)=O)c2)[C@@H]2CCC[C@H]1CN([C@@H]1C[C@H]3C[C@H]3C1)C2.Cl. The predicted octanol–water partition coefficient (Wildman–Crippen LogP) is 2.97. The third kappa shape index (κ3) is 2.99. The summed E-state index contributed by atoms with van der Waals surface area (Å²) >= 11 is 0. The van der Waals surface area contributed by atoms with E-state index in [0.717, 1.165) is 36.5 Å². The maximum absolute atomic E-state index is 11.6. The zero-order valence-corrected chi connectivity index (χ0v) is 16.8. The predicted molar refractivity (Wildman–Crippen MR) is 106 cm³/mol. The first-order valence-corrected chi connectivity index (χ1v) is 10.2. The van der Waals surface area contributed by atoms with Gasteiger partial charge < -0.3 is 10.5 Å². The van der Waals surface area contributed by atoms with E-state index in [1.54, 1.807) is 6.20 Å². The van der Waals surface area contributed by atoms with Crippen molar-refractivity contribution in [3.63, 3.8) is 0 Å². The molecule has 1 aromatic rings. The van der Waals surface area contributed by atoms with E-state index in [2.05, 4.69) is 9.88 Å². The lowest BCUT2D eigenvalue weighted by Crippen LogP contribution is -2.60. The number of hydrogen-bond donors (Lipinski definition) is 1. The fourth-order valence-corrected chi connectivity index (χ4v) is 6.48. The zero-order chi connectivity index (χ0) is 17.9. The van der Waals surface area contributed by atoms with Crippen molar-refractivity contribution in [1.82, 2.24) is 9.88 Å². The van der Waals surface area contributed by atoms with Crippen molar-refractivity contribution < 1.29 is 9.53 Å². The largest absolute Gasteiger partial charge is 0.373 e. The minimum atomic E-state index is -0.467. The summed E-state index contributed by atoms with van der Waals surface area (Å²) in [4.78, 5) is 18.6. The average Bonchev–Trinajstić information content (AvgIpc) is 3.25. The van der Waals surface area contributed by atoms with Gasteiger partial charge in [0.25, 0.3) is 5.91 Å². The highest BCUT2D eigenvalue weighted by Gasteiger charge is 2.56. The maximum atomic E-state index is 11.6. The van der Waals surface area contributed by atoms with Crippen LogP contribution in [0.15, 0.2) is 18.3 Å². The molecule has 2 bridgehead atoms. The third-order valence-corrected chi connectivity index (χ3v) is 7.76. The summed E-state index contributed by atoms with van der Waals surface area (Å²) in [6.45, 7) is 2.23. The Labute approximate surface area is 167 Å². The Morgan fingerprint density at radius 1 is 1.22 bits per heavy atom. The Bertz CT molecular complexity index is 703. The number of rotatable bonds is 4. The van der Waals surface area contributed by atoms with Crippen LogP contribution < -0.4 is 5.73 Å². The highest BCUT2D eigenvalue weighted by atomic mass is 35.5. The van der Waals surface area contributed by atoms with E-state index in [-0.39, 0.29) is 18.0 Å². The van der Waals surface area contributed by atoms with Gasteiger partial charge in [0.2, 0.25) is 0 Å². The molecule has 3 aliphatic carbocycles. The molecule has 1 saturated heterocycles. The van der Waals surface area contributed by atoms with Crippen LogP contribution in [0.3, 0.4) is 0 Å². The lowest BCUT2D eigenvalue weighted by Gasteiger charge is -2.56. The highest BCUT2D eigenvalue weighted by Crippen LogP contribution is 2.56. The van der Waals surface area contributed by atoms with E-state index in [0.29, 0.717) is 17.5 Å². The Morgan fingerprint density at radius 2 is 1.89 bits per heavy atom. The Kier molecular flexibility index (Phi) is 4.98. The minimum Gasteiger partial charge on any atom is -0.373 e. The highest BCUT2D eigenvalue weighted by molar-refractivity contribution is 5.90. The van der Waals surface area contributed by atoms with E-state index in [4.69, 9.17) is 10.5 Å². The summed E-state index contributed by atoms with van der Waals surface area (Å²) in [5, 5.41) is 0. The summed E-state index contributed by atoms with van der Waals surface area (Å²) in [5.41, 5.74) is 6.61. The monoisotopic (exact) mass is 391 g/mol. The molecule has 0 unspecified atom stereocenters. The molecule has 4 fully saturated rings. The molecular weight excluding hydrogens is 362 g/mol. The summed E-state index contributed by atoms with van der Waals surface area (Å²) in [6, 6.07) is 4.69. The molecule has 1 aromatic heterocycles. The number of aromatic nitrogens is 1. The first-order chi connectivity index (χ1) is 12.6. The second kappa shape index (κ2) is 7.02. The molecule has 2 N–H and O–H groups in total. The van der Waals surface area contributed by atoms with Crippen LogP contribution in [-0.4, -0.2) is 42.0 Å². The van der Waals surface area contributed by atoms with Gasteiger partial charge in [-0.1, -0.05) is 6.42 Å². The number of nitrogens with zero attached hydrogens (tertiary/aromatic N) is 2. The lowest BCUT2D eigenvalue weighted by molar-refractivity contribution is -0.174. The van der Waals surface area contributed by atoms with Gasteiger partial charge in [-0.2, -0.15) is 0 Å². The van der Waals surface area contributed by atoms with E-state index in [9.17, 15) is 4.79 Å². The molecule has 6 heteroatoms. The maximum Gasteiger partial charge on any atom is 0.267 e. The number of methoxy groups -OCH3 is 1. The topological polar surface area (TPSA) is 68.5 Å². The molecule has 5 nitrogen and oxygen atoms in total. The van der Waals surface area contributed by atoms with Crippen LogP contribution in [0.4, 0.5) is 0 Å². The molecule has 6 atom stereocenters. The van der Waals surface area contributed by atoms with E-state index in [1.165, 1.54) is 38.5 Å². The van der Waals surface area contributed by atoms with Crippen LogP contribution >= 0.6 is 12.4 Å². The fourth-order valence-electron chi connectivity index (χ4n) is 6.48. The number of hydrogen-bond acceptors (Lipinski definition) is 4. The van der Waals surface area contributed by atoms with Crippen LogP contribution in [0.2, 0.25) is 0 Å². The number of ether oxygens (including phenoxy) is 1. The molecule has 27 heavy (non-hydrogen) atoms. The molecule has 0 radical (unpaired) electrons. The van der Waals surface area contributed by atoms with Gasteiger partial charge in [0.1, 0.15) is 11.3 Å². The van der Waals surface area contributed by atoms with E-state index >= 15 is 0 Å². The van der Waals surface area contributed by atoms with Gasteiger partial charge in [-0.15, -0.1) is 12.4 Å². The molecule has 2 heterocycles. The van der Waals surface area contributed by atoms with Crippen LogP contribution in [0.25, 0.3) is 0 Å². The van der Waals surface area contributed by atoms with Crippen LogP contribution in [0.1, 0.15) is 54.6 Å². The molecule has 5 rings (SSSR count). The normalized spacial score (nSPS) is 40.1. The van der Waals surface area contributed by atoms with E-state index < -0.39 is 5.91 Å². The number of likely N-dealkylation sites (tertiary alicyclic amines) is 1. The van der Waals surface area contributed by atoms with E-state index in [1.807, 2.05) is 19.2 Å². The van der Waals surface area contributed by atoms with Crippen LogP contribution in [0.5, 0.6) is 0 Å². The number of halogens is 1. The third-order valence-electron chi connectivity index (χ3n) is 7.76.